The minimum atomic E-state index is 0. The first kappa shape index (κ1) is 13.8. The Kier molecular flexibility index (Phi) is 8.08. The van der Waals surface area contributed by atoms with Crippen molar-refractivity contribution in [3.63, 3.8) is 0 Å². The lowest BCUT2D eigenvalue weighted by Gasteiger charge is -1.96. The number of hydrogen-bond acceptors (Lipinski definition) is 4. The third-order valence-electron chi connectivity index (χ3n) is 1.58. The van der Waals surface area contributed by atoms with Crippen molar-refractivity contribution in [3.05, 3.63) is 16.1 Å². The van der Waals surface area contributed by atoms with Gasteiger partial charge in [-0.2, -0.15) is 0 Å². The largest absolute Gasteiger partial charge is 0.375 e. The molecular formula is C9H17ClN2OS. The van der Waals surface area contributed by atoms with Crippen LogP contribution in [0, 0.1) is 0 Å². The number of aromatic nitrogens is 1. The molecule has 0 amide bonds. The number of rotatable bonds is 6. The molecule has 0 aliphatic carbocycles. The van der Waals surface area contributed by atoms with E-state index in [0.29, 0.717) is 6.61 Å². The van der Waals surface area contributed by atoms with Crippen molar-refractivity contribution >= 4 is 23.7 Å². The molecule has 1 N–H and O–H groups in total. The molecule has 1 heterocycles. The highest BCUT2D eigenvalue weighted by Crippen LogP contribution is 2.10. The zero-order chi connectivity index (χ0) is 9.52. The Morgan fingerprint density at radius 1 is 1.50 bits per heavy atom. The molecule has 3 nitrogen and oxygen atoms in total. The summed E-state index contributed by atoms with van der Waals surface area (Å²) in [7, 11) is 0. The second-order valence-corrected chi connectivity index (χ2v) is 3.59. The van der Waals surface area contributed by atoms with E-state index in [1.807, 2.05) is 6.92 Å². The molecule has 0 saturated carbocycles. The van der Waals surface area contributed by atoms with E-state index < -0.39 is 0 Å². The molecule has 0 aromatic carbocycles. The maximum Gasteiger partial charge on any atom is 0.107 e. The van der Waals surface area contributed by atoms with Gasteiger partial charge in [-0.15, -0.1) is 23.7 Å². The van der Waals surface area contributed by atoms with Gasteiger partial charge in [0.1, 0.15) is 5.01 Å². The van der Waals surface area contributed by atoms with Crippen molar-refractivity contribution in [2.75, 3.05) is 13.2 Å². The van der Waals surface area contributed by atoms with Gasteiger partial charge in [0, 0.05) is 18.5 Å². The molecule has 1 aromatic heterocycles. The van der Waals surface area contributed by atoms with Gasteiger partial charge < -0.3 is 10.1 Å². The first-order valence-electron chi connectivity index (χ1n) is 4.58. The number of halogens is 1. The van der Waals surface area contributed by atoms with E-state index in [1.54, 1.807) is 11.3 Å². The normalized spacial score (nSPS) is 9.86. The summed E-state index contributed by atoms with van der Waals surface area (Å²) in [5.41, 5.74) is 1.04. The van der Waals surface area contributed by atoms with Gasteiger partial charge in [0.15, 0.2) is 0 Å². The quantitative estimate of drug-likeness (QED) is 0.823. The van der Waals surface area contributed by atoms with Gasteiger partial charge >= 0.3 is 0 Å². The van der Waals surface area contributed by atoms with Crippen LogP contribution in [0.1, 0.15) is 24.5 Å². The van der Waals surface area contributed by atoms with Crippen LogP contribution in [0.25, 0.3) is 0 Å². The van der Waals surface area contributed by atoms with Crippen LogP contribution in [0.15, 0.2) is 5.38 Å². The van der Waals surface area contributed by atoms with E-state index in [9.17, 15) is 0 Å². The third kappa shape index (κ3) is 4.91. The fraction of sp³-hybridized carbons (Fsp3) is 0.667. The first-order chi connectivity index (χ1) is 6.36. The molecule has 0 unspecified atom stereocenters. The summed E-state index contributed by atoms with van der Waals surface area (Å²) in [6, 6.07) is 0. The first-order valence-corrected chi connectivity index (χ1v) is 5.46. The Labute approximate surface area is 95.3 Å². The van der Waals surface area contributed by atoms with Crippen LogP contribution in [0.2, 0.25) is 0 Å². The summed E-state index contributed by atoms with van der Waals surface area (Å²) in [6.45, 7) is 7.33. The predicted molar refractivity (Wildman–Crippen MR) is 62.1 cm³/mol. The zero-order valence-electron chi connectivity index (χ0n) is 8.58. The number of nitrogens with zero attached hydrogens (tertiary/aromatic N) is 1. The fourth-order valence-electron chi connectivity index (χ4n) is 0.935. The van der Waals surface area contributed by atoms with Crippen LogP contribution in [-0.2, 0) is 17.9 Å². The molecule has 0 aliphatic rings. The highest BCUT2D eigenvalue weighted by Gasteiger charge is 2.00. The topological polar surface area (TPSA) is 34.2 Å². The maximum absolute atomic E-state index is 5.26. The van der Waals surface area contributed by atoms with Crippen LogP contribution in [0.5, 0.6) is 0 Å². The van der Waals surface area contributed by atoms with E-state index in [2.05, 4.69) is 22.6 Å². The van der Waals surface area contributed by atoms with Crippen molar-refractivity contribution in [2.45, 2.75) is 27.0 Å². The lowest BCUT2D eigenvalue weighted by Crippen LogP contribution is -2.11. The average molecular weight is 237 g/mol. The number of nitrogens with one attached hydrogen (secondary N) is 1. The van der Waals surface area contributed by atoms with Gasteiger partial charge in [0.05, 0.1) is 12.3 Å². The van der Waals surface area contributed by atoms with E-state index in [-0.39, 0.29) is 12.4 Å². The molecular weight excluding hydrogens is 220 g/mol. The lowest BCUT2D eigenvalue weighted by molar-refractivity contribution is 0.131. The van der Waals surface area contributed by atoms with Crippen LogP contribution in [0.4, 0.5) is 0 Å². The van der Waals surface area contributed by atoms with E-state index in [0.717, 1.165) is 30.4 Å². The summed E-state index contributed by atoms with van der Waals surface area (Å²) in [5, 5.41) is 6.43. The monoisotopic (exact) mass is 236 g/mol. The summed E-state index contributed by atoms with van der Waals surface area (Å²) in [6.07, 6.45) is 0. The molecule has 0 atom stereocenters. The summed E-state index contributed by atoms with van der Waals surface area (Å²) in [4.78, 5) is 4.42. The smallest absolute Gasteiger partial charge is 0.107 e. The highest BCUT2D eigenvalue weighted by atomic mass is 35.5. The number of hydrogen-bond donors (Lipinski definition) is 1. The van der Waals surface area contributed by atoms with Crippen molar-refractivity contribution < 1.29 is 4.74 Å². The Bertz CT molecular complexity index is 220. The zero-order valence-corrected chi connectivity index (χ0v) is 10.2. The Hall–Kier alpha value is -0.160. The van der Waals surface area contributed by atoms with Gasteiger partial charge in [-0.25, -0.2) is 4.98 Å². The minimum absolute atomic E-state index is 0. The minimum Gasteiger partial charge on any atom is -0.375 e. The molecule has 0 radical (unpaired) electrons. The van der Waals surface area contributed by atoms with Crippen molar-refractivity contribution in [3.8, 4) is 0 Å². The molecule has 14 heavy (non-hydrogen) atoms. The van der Waals surface area contributed by atoms with Gasteiger partial charge in [-0.3, -0.25) is 0 Å². The molecule has 0 bridgehead atoms. The Balaban J connectivity index is 0.00000169. The maximum atomic E-state index is 5.26. The molecule has 5 heteroatoms. The molecule has 0 fully saturated rings. The number of thiazole rings is 1. The van der Waals surface area contributed by atoms with Crippen molar-refractivity contribution in [1.82, 2.24) is 10.3 Å². The van der Waals surface area contributed by atoms with Crippen LogP contribution >= 0.6 is 23.7 Å². The molecule has 1 aromatic rings. The average Bonchev–Trinajstić information content (AvgIpc) is 2.59. The van der Waals surface area contributed by atoms with Gasteiger partial charge in [-0.05, 0) is 13.5 Å². The lowest BCUT2D eigenvalue weighted by atomic mass is 10.5. The van der Waals surface area contributed by atoms with Crippen molar-refractivity contribution in [1.29, 1.82) is 0 Å². The summed E-state index contributed by atoms with van der Waals surface area (Å²) < 4.78 is 5.26. The van der Waals surface area contributed by atoms with Crippen LogP contribution in [0.3, 0.4) is 0 Å². The van der Waals surface area contributed by atoms with Gasteiger partial charge in [0.25, 0.3) is 0 Å². The number of ether oxygens (including phenoxy) is 1. The van der Waals surface area contributed by atoms with E-state index in [1.165, 1.54) is 0 Å². The summed E-state index contributed by atoms with van der Waals surface area (Å²) >= 11 is 1.69. The Morgan fingerprint density at radius 2 is 2.29 bits per heavy atom. The summed E-state index contributed by atoms with van der Waals surface area (Å²) in [5.74, 6) is 0. The predicted octanol–water partition coefficient (Wildman–Crippen LogP) is 2.21. The second kappa shape index (κ2) is 8.17. The standard InChI is InChI=1S/C9H16N2OS.ClH/c1-3-10-5-9-11-8(7-13-9)6-12-4-2;/h7,10H,3-6H2,1-2H3;1H. The molecule has 0 saturated heterocycles. The highest BCUT2D eigenvalue weighted by molar-refractivity contribution is 7.09. The fourth-order valence-corrected chi connectivity index (χ4v) is 1.68. The van der Waals surface area contributed by atoms with E-state index in [4.69, 9.17) is 4.74 Å². The SMILES string of the molecule is CCNCc1nc(COCC)cs1.Cl. The van der Waals surface area contributed by atoms with Gasteiger partial charge in [-0.1, -0.05) is 6.92 Å². The van der Waals surface area contributed by atoms with Crippen LogP contribution < -0.4 is 5.32 Å². The molecule has 0 aliphatic heterocycles. The second-order valence-electron chi connectivity index (χ2n) is 2.65. The van der Waals surface area contributed by atoms with Gasteiger partial charge in [0.2, 0.25) is 0 Å². The van der Waals surface area contributed by atoms with E-state index >= 15 is 0 Å². The molecule has 1 rings (SSSR count). The van der Waals surface area contributed by atoms with Crippen molar-refractivity contribution in [2.24, 2.45) is 0 Å². The molecule has 0 spiro atoms. The van der Waals surface area contributed by atoms with Crippen LogP contribution in [-0.4, -0.2) is 18.1 Å². The molecule has 82 valence electrons. The Morgan fingerprint density at radius 3 is 2.93 bits per heavy atom. The third-order valence-corrected chi connectivity index (χ3v) is 2.48.